The molecule has 0 aliphatic carbocycles. The average Bonchev–Trinajstić information content (AvgIpc) is 2.93. The average molecular weight is 477 g/mol. The van der Waals surface area contributed by atoms with E-state index in [-0.39, 0.29) is 30.1 Å². The van der Waals surface area contributed by atoms with E-state index < -0.39 is 0 Å². The summed E-state index contributed by atoms with van der Waals surface area (Å²) in [5.74, 6) is -0.287. The van der Waals surface area contributed by atoms with E-state index in [2.05, 4.69) is 39.8 Å². The molecule has 186 valence electrons. The summed E-state index contributed by atoms with van der Waals surface area (Å²) in [5, 5.41) is 6.04. The van der Waals surface area contributed by atoms with E-state index >= 15 is 0 Å². The zero-order valence-corrected chi connectivity index (χ0v) is 20.4. The summed E-state index contributed by atoms with van der Waals surface area (Å²) in [7, 11) is 0. The van der Waals surface area contributed by atoms with Crippen LogP contribution < -0.4 is 10.6 Å². The summed E-state index contributed by atoms with van der Waals surface area (Å²) < 4.78 is 0. The number of hydrogen-bond acceptors (Lipinski definition) is 4. The summed E-state index contributed by atoms with van der Waals surface area (Å²) in [6.45, 7) is 4.77. The van der Waals surface area contributed by atoms with Crippen molar-refractivity contribution in [2.75, 3.05) is 39.3 Å². The van der Waals surface area contributed by atoms with E-state index in [1.165, 1.54) is 11.1 Å². The number of hydrogen-bond donors (Lipinski definition) is 2. The second kappa shape index (κ2) is 12.5. The molecule has 1 atom stereocenters. The van der Waals surface area contributed by atoms with Crippen LogP contribution in [0, 0.1) is 5.92 Å². The van der Waals surface area contributed by atoms with Gasteiger partial charge in [-0.15, -0.1) is 0 Å². The Hall–Kier alpha value is -3.19. The molecule has 7 nitrogen and oxygen atoms in total. The number of carbonyl (C=O) groups excluding carboxylic acids is 3. The van der Waals surface area contributed by atoms with Gasteiger partial charge in [-0.2, -0.15) is 0 Å². The zero-order valence-electron chi connectivity index (χ0n) is 20.4. The van der Waals surface area contributed by atoms with Crippen LogP contribution in [0.15, 0.2) is 54.6 Å². The van der Waals surface area contributed by atoms with E-state index in [0.29, 0.717) is 44.6 Å². The fourth-order valence-corrected chi connectivity index (χ4v) is 4.95. The topological polar surface area (TPSA) is 81.8 Å². The lowest BCUT2D eigenvalue weighted by Gasteiger charge is -2.29. The van der Waals surface area contributed by atoms with Gasteiger partial charge < -0.3 is 15.5 Å². The molecule has 2 aromatic rings. The van der Waals surface area contributed by atoms with Crippen molar-refractivity contribution in [3.8, 4) is 0 Å². The highest BCUT2D eigenvalue weighted by atomic mass is 16.2. The fraction of sp³-hybridized carbons (Fsp3) is 0.464. The van der Waals surface area contributed by atoms with Crippen molar-refractivity contribution in [2.24, 2.45) is 5.92 Å². The third-order valence-electron chi connectivity index (χ3n) is 7.02. The van der Waals surface area contributed by atoms with Gasteiger partial charge in [0.05, 0.1) is 0 Å². The Balaban J connectivity index is 1.28. The van der Waals surface area contributed by atoms with E-state index in [0.717, 1.165) is 32.5 Å². The molecule has 0 spiro atoms. The van der Waals surface area contributed by atoms with Gasteiger partial charge in [-0.05, 0) is 48.9 Å². The molecule has 0 radical (unpaired) electrons. The minimum atomic E-state index is -0.177. The van der Waals surface area contributed by atoms with Crippen molar-refractivity contribution in [3.63, 3.8) is 0 Å². The Morgan fingerprint density at radius 1 is 0.914 bits per heavy atom. The molecule has 4 rings (SSSR count). The van der Waals surface area contributed by atoms with Crippen LogP contribution in [0.4, 0.5) is 0 Å². The number of fused-ring (bicyclic) bond motifs is 1. The molecule has 1 saturated heterocycles. The molecule has 1 unspecified atom stereocenters. The molecule has 2 N–H and O–H groups in total. The third-order valence-corrected chi connectivity index (χ3v) is 7.02. The number of rotatable bonds is 5. The highest BCUT2D eigenvalue weighted by molar-refractivity contribution is 5.94. The minimum absolute atomic E-state index is 0.0387. The van der Waals surface area contributed by atoms with Gasteiger partial charge in [-0.3, -0.25) is 19.3 Å². The third kappa shape index (κ3) is 7.15. The molecule has 0 bridgehead atoms. The SMILES string of the molecule is O=C1CCN(C(=O)c2ccccc2)CCCC(C(=O)NCCN2CCc3ccccc3C2)CCN1. The quantitative estimate of drug-likeness (QED) is 0.695. The Kier molecular flexibility index (Phi) is 8.90. The summed E-state index contributed by atoms with van der Waals surface area (Å²) in [6.07, 6.45) is 3.35. The van der Waals surface area contributed by atoms with E-state index in [1.54, 1.807) is 17.0 Å². The summed E-state index contributed by atoms with van der Waals surface area (Å²) in [5.41, 5.74) is 3.42. The van der Waals surface area contributed by atoms with Crippen molar-refractivity contribution in [3.05, 3.63) is 71.3 Å². The zero-order chi connectivity index (χ0) is 24.5. The first-order chi connectivity index (χ1) is 17.1. The molecule has 2 aromatic carbocycles. The normalized spacial score (nSPS) is 19.7. The number of amides is 3. The van der Waals surface area contributed by atoms with Gasteiger partial charge in [-0.1, -0.05) is 42.5 Å². The summed E-state index contributed by atoms with van der Waals surface area (Å²) in [4.78, 5) is 42.3. The Morgan fingerprint density at radius 2 is 1.69 bits per heavy atom. The molecule has 1 fully saturated rings. The number of carbonyl (C=O) groups is 3. The molecule has 2 heterocycles. The van der Waals surface area contributed by atoms with Gasteiger partial charge in [0.1, 0.15) is 0 Å². The molecule has 0 saturated carbocycles. The first-order valence-electron chi connectivity index (χ1n) is 12.8. The monoisotopic (exact) mass is 476 g/mol. The van der Waals surface area contributed by atoms with Crippen LogP contribution in [0.5, 0.6) is 0 Å². The van der Waals surface area contributed by atoms with Gasteiger partial charge in [0.25, 0.3) is 5.91 Å². The van der Waals surface area contributed by atoms with Gasteiger partial charge in [0.15, 0.2) is 0 Å². The van der Waals surface area contributed by atoms with Crippen LogP contribution in [-0.4, -0.2) is 66.8 Å². The van der Waals surface area contributed by atoms with Crippen molar-refractivity contribution in [1.82, 2.24) is 20.4 Å². The standard InChI is InChI=1S/C28H36N4O3/c33-26-14-19-32(28(35)24-8-2-1-3-9-24)17-6-11-23(12-15-29-26)27(34)30-16-20-31-18-13-22-7-4-5-10-25(22)21-31/h1-5,7-10,23H,6,11-21H2,(H,29,33)(H,30,34). The van der Waals surface area contributed by atoms with Gasteiger partial charge in [0, 0.05) is 63.7 Å². The van der Waals surface area contributed by atoms with Crippen LogP contribution in [-0.2, 0) is 22.6 Å². The molecule has 3 amide bonds. The first-order valence-corrected chi connectivity index (χ1v) is 12.8. The van der Waals surface area contributed by atoms with Crippen LogP contribution in [0.1, 0.15) is 47.2 Å². The summed E-state index contributed by atoms with van der Waals surface area (Å²) >= 11 is 0. The van der Waals surface area contributed by atoms with Crippen LogP contribution in [0.3, 0.4) is 0 Å². The molecule has 0 aromatic heterocycles. The second-order valence-corrected chi connectivity index (χ2v) is 9.47. The molecule has 7 heteroatoms. The smallest absolute Gasteiger partial charge is 0.253 e. The second-order valence-electron chi connectivity index (χ2n) is 9.47. The predicted molar refractivity (Wildman–Crippen MR) is 136 cm³/mol. The van der Waals surface area contributed by atoms with Crippen LogP contribution in [0.2, 0.25) is 0 Å². The maximum Gasteiger partial charge on any atom is 0.253 e. The summed E-state index contributed by atoms with van der Waals surface area (Å²) in [6, 6.07) is 17.7. The lowest BCUT2D eigenvalue weighted by atomic mass is 9.98. The van der Waals surface area contributed by atoms with Gasteiger partial charge in [0.2, 0.25) is 11.8 Å². The van der Waals surface area contributed by atoms with Gasteiger partial charge in [-0.25, -0.2) is 0 Å². The lowest BCUT2D eigenvalue weighted by molar-refractivity contribution is -0.126. The first kappa shape index (κ1) is 24.9. The minimum Gasteiger partial charge on any atom is -0.356 e. The highest BCUT2D eigenvalue weighted by Gasteiger charge is 2.23. The molecule has 2 aliphatic heterocycles. The number of benzene rings is 2. The Labute approximate surface area is 207 Å². The maximum absolute atomic E-state index is 13.0. The van der Waals surface area contributed by atoms with E-state index in [1.807, 2.05) is 18.2 Å². The molecule has 35 heavy (non-hydrogen) atoms. The van der Waals surface area contributed by atoms with Gasteiger partial charge >= 0.3 is 0 Å². The number of nitrogens with one attached hydrogen (secondary N) is 2. The van der Waals surface area contributed by atoms with Crippen LogP contribution in [0.25, 0.3) is 0 Å². The molecule has 2 aliphatic rings. The van der Waals surface area contributed by atoms with Crippen molar-refractivity contribution >= 4 is 17.7 Å². The Bertz CT molecular complexity index is 1010. The van der Waals surface area contributed by atoms with E-state index in [4.69, 9.17) is 0 Å². The van der Waals surface area contributed by atoms with Crippen molar-refractivity contribution < 1.29 is 14.4 Å². The lowest BCUT2D eigenvalue weighted by Crippen LogP contribution is -2.40. The predicted octanol–water partition coefficient (Wildman–Crippen LogP) is 2.61. The Morgan fingerprint density at radius 3 is 2.51 bits per heavy atom. The van der Waals surface area contributed by atoms with E-state index in [9.17, 15) is 14.4 Å². The molecular formula is C28H36N4O3. The number of nitrogens with zero attached hydrogens (tertiary/aromatic N) is 2. The van der Waals surface area contributed by atoms with Crippen molar-refractivity contribution in [1.29, 1.82) is 0 Å². The fourth-order valence-electron chi connectivity index (χ4n) is 4.95. The van der Waals surface area contributed by atoms with Crippen LogP contribution >= 0.6 is 0 Å². The largest absolute Gasteiger partial charge is 0.356 e. The highest BCUT2D eigenvalue weighted by Crippen LogP contribution is 2.18. The van der Waals surface area contributed by atoms with Crippen molar-refractivity contribution in [2.45, 2.75) is 38.6 Å². The molecular weight excluding hydrogens is 440 g/mol. The maximum atomic E-state index is 13.0.